The van der Waals surface area contributed by atoms with Gasteiger partial charge < -0.3 is 9.84 Å². The van der Waals surface area contributed by atoms with Gasteiger partial charge in [0, 0.05) is 12.1 Å². The minimum absolute atomic E-state index is 0.0500. The summed E-state index contributed by atoms with van der Waals surface area (Å²) in [5.74, 6) is -0.904. The number of hydrogen-bond acceptors (Lipinski definition) is 3. The Hall–Kier alpha value is -1.21. The maximum Gasteiger partial charge on any atom is 0.387 e. The van der Waals surface area contributed by atoms with E-state index in [1.165, 1.54) is 0 Å². The van der Waals surface area contributed by atoms with Crippen molar-refractivity contribution in [1.82, 2.24) is 4.90 Å². The number of carboxylic acid groups (broad SMARTS) is 1. The Bertz CT molecular complexity index is 457. The van der Waals surface area contributed by atoms with Crippen molar-refractivity contribution in [2.45, 2.75) is 26.5 Å². The van der Waals surface area contributed by atoms with Crippen LogP contribution in [-0.2, 0) is 11.3 Å². The van der Waals surface area contributed by atoms with Crippen molar-refractivity contribution in [3.8, 4) is 5.75 Å². The fraction of sp³-hybridized carbons (Fsp3) is 0.462. The average molecular weight is 352 g/mol. The van der Waals surface area contributed by atoms with E-state index in [4.69, 9.17) is 5.11 Å². The summed E-state index contributed by atoms with van der Waals surface area (Å²) in [5.41, 5.74) is 0.523. The molecule has 0 atom stereocenters. The maximum atomic E-state index is 12.4. The molecular formula is C13H16BrF2NO3. The number of hydrogen-bond donors (Lipinski definition) is 1. The first-order valence-electron chi connectivity index (χ1n) is 6.10. The summed E-state index contributed by atoms with van der Waals surface area (Å²) in [6.07, 6.45) is 0.770. The molecule has 0 aliphatic heterocycles. The zero-order chi connectivity index (χ0) is 15.1. The summed E-state index contributed by atoms with van der Waals surface area (Å²) in [7, 11) is 0. The molecule has 0 amide bonds. The summed E-state index contributed by atoms with van der Waals surface area (Å²) in [5, 5.41) is 8.86. The largest absolute Gasteiger partial charge is 0.480 e. The van der Waals surface area contributed by atoms with Crippen LogP contribution in [0.3, 0.4) is 0 Å². The minimum Gasteiger partial charge on any atom is -0.480 e. The molecule has 1 N–H and O–H groups in total. The van der Waals surface area contributed by atoms with Gasteiger partial charge in [0.05, 0.1) is 11.0 Å². The summed E-state index contributed by atoms with van der Waals surface area (Å²) >= 11 is 3.16. The van der Waals surface area contributed by atoms with E-state index in [2.05, 4.69) is 20.7 Å². The number of alkyl halides is 2. The third kappa shape index (κ3) is 5.42. The average Bonchev–Trinajstić information content (AvgIpc) is 2.32. The normalized spacial score (nSPS) is 11.1. The molecule has 0 aromatic heterocycles. The number of ether oxygens (including phenoxy) is 1. The topological polar surface area (TPSA) is 49.8 Å². The predicted molar refractivity (Wildman–Crippen MR) is 74.0 cm³/mol. The van der Waals surface area contributed by atoms with Crippen LogP contribution in [-0.4, -0.2) is 35.7 Å². The van der Waals surface area contributed by atoms with Crippen molar-refractivity contribution in [2.24, 2.45) is 0 Å². The first-order chi connectivity index (χ1) is 9.43. The second-order valence-corrected chi connectivity index (χ2v) is 5.07. The number of para-hydroxylation sites is 1. The lowest BCUT2D eigenvalue weighted by Gasteiger charge is -2.21. The highest BCUT2D eigenvalue weighted by Gasteiger charge is 2.16. The van der Waals surface area contributed by atoms with Crippen molar-refractivity contribution in [3.05, 3.63) is 28.2 Å². The zero-order valence-corrected chi connectivity index (χ0v) is 12.6. The Balaban J connectivity index is 2.93. The van der Waals surface area contributed by atoms with Gasteiger partial charge in [0.2, 0.25) is 0 Å². The van der Waals surface area contributed by atoms with Crippen LogP contribution >= 0.6 is 15.9 Å². The first-order valence-corrected chi connectivity index (χ1v) is 6.89. The fourth-order valence-corrected chi connectivity index (χ4v) is 2.36. The highest BCUT2D eigenvalue weighted by Crippen LogP contribution is 2.31. The lowest BCUT2D eigenvalue weighted by atomic mass is 10.2. The smallest absolute Gasteiger partial charge is 0.387 e. The molecule has 7 heteroatoms. The van der Waals surface area contributed by atoms with Crippen LogP contribution in [0.1, 0.15) is 18.9 Å². The predicted octanol–water partition coefficient (Wildman–Crippen LogP) is 3.35. The highest BCUT2D eigenvalue weighted by molar-refractivity contribution is 9.10. The van der Waals surface area contributed by atoms with Gasteiger partial charge in [-0.15, -0.1) is 0 Å². The van der Waals surface area contributed by atoms with Crippen molar-refractivity contribution in [1.29, 1.82) is 0 Å². The van der Waals surface area contributed by atoms with Crippen LogP contribution in [0.2, 0.25) is 0 Å². The van der Waals surface area contributed by atoms with Gasteiger partial charge in [0.1, 0.15) is 5.75 Å². The molecule has 0 aliphatic rings. The van der Waals surface area contributed by atoms with Crippen molar-refractivity contribution in [2.75, 3.05) is 13.1 Å². The molecule has 0 saturated carbocycles. The van der Waals surface area contributed by atoms with Crippen molar-refractivity contribution in [3.63, 3.8) is 0 Å². The maximum absolute atomic E-state index is 12.4. The van der Waals surface area contributed by atoms with Gasteiger partial charge in [0.15, 0.2) is 0 Å². The number of aliphatic carboxylic acids is 1. The van der Waals surface area contributed by atoms with Gasteiger partial charge in [-0.25, -0.2) is 0 Å². The second-order valence-electron chi connectivity index (χ2n) is 4.21. The van der Waals surface area contributed by atoms with E-state index in [-0.39, 0.29) is 18.8 Å². The third-order valence-electron chi connectivity index (χ3n) is 2.55. The Kier molecular flexibility index (Phi) is 6.87. The number of benzene rings is 1. The van der Waals surface area contributed by atoms with E-state index in [0.717, 1.165) is 6.42 Å². The van der Waals surface area contributed by atoms with Gasteiger partial charge in [-0.2, -0.15) is 8.78 Å². The molecule has 1 aromatic rings. The molecule has 0 radical (unpaired) electrons. The molecule has 0 aliphatic carbocycles. The van der Waals surface area contributed by atoms with Gasteiger partial charge >= 0.3 is 12.6 Å². The molecule has 1 rings (SSSR count). The molecule has 0 unspecified atom stereocenters. The molecule has 112 valence electrons. The van der Waals surface area contributed by atoms with Crippen LogP contribution in [0.15, 0.2) is 22.7 Å². The van der Waals surface area contributed by atoms with Crippen LogP contribution in [0.5, 0.6) is 5.75 Å². The molecular weight excluding hydrogens is 336 g/mol. The van der Waals surface area contributed by atoms with Gasteiger partial charge in [-0.1, -0.05) is 19.1 Å². The number of carboxylic acids is 1. The number of halogens is 3. The van der Waals surface area contributed by atoms with Crippen LogP contribution in [0.25, 0.3) is 0 Å². The molecule has 1 aromatic carbocycles. The van der Waals surface area contributed by atoms with Gasteiger partial charge in [-0.3, -0.25) is 9.69 Å². The fourth-order valence-electron chi connectivity index (χ4n) is 1.86. The third-order valence-corrected chi connectivity index (χ3v) is 3.17. The lowest BCUT2D eigenvalue weighted by Crippen LogP contribution is -2.30. The highest BCUT2D eigenvalue weighted by atomic mass is 79.9. The van der Waals surface area contributed by atoms with E-state index in [1.54, 1.807) is 23.1 Å². The first kappa shape index (κ1) is 16.8. The Morgan fingerprint density at radius 2 is 2.20 bits per heavy atom. The van der Waals surface area contributed by atoms with Gasteiger partial charge in [0.25, 0.3) is 0 Å². The molecule has 0 spiro atoms. The second kappa shape index (κ2) is 8.16. The van der Waals surface area contributed by atoms with Crippen LogP contribution < -0.4 is 4.74 Å². The quantitative estimate of drug-likeness (QED) is 0.780. The Labute approximate surface area is 124 Å². The zero-order valence-electron chi connectivity index (χ0n) is 11.0. The van der Waals surface area contributed by atoms with Crippen molar-refractivity contribution >= 4 is 21.9 Å². The van der Waals surface area contributed by atoms with E-state index in [0.29, 0.717) is 16.6 Å². The molecule has 0 heterocycles. The summed E-state index contributed by atoms with van der Waals surface area (Å²) in [6.45, 7) is -0.346. The van der Waals surface area contributed by atoms with Gasteiger partial charge in [-0.05, 0) is 35.0 Å². The van der Waals surface area contributed by atoms with Crippen LogP contribution in [0.4, 0.5) is 8.78 Å². The summed E-state index contributed by atoms with van der Waals surface area (Å²) in [4.78, 5) is 12.5. The molecule has 0 fully saturated rings. The molecule has 20 heavy (non-hydrogen) atoms. The Morgan fingerprint density at radius 1 is 1.50 bits per heavy atom. The summed E-state index contributed by atoms with van der Waals surface area (Å²) < 4.78 is 29.8. The minimum atomic E-state index is -2.92. The van der Waals surface area contributed by atoms with E-state index in [1.807, 2.05) is 6.92 Å². The number of carbonyl (C=O) groups is 1. The van der Waals surface area contributed by atoms with Crippen molar-refractivity contribution < 1.29 is 23.4 Å². The van der Waals surface area contributed by atoms with E-state index in [9.17, 15) is 13.6 Å². The summed E-state index contributed by atoms with van der Waals surface area (Å²) in [6, 6.07) is 4.94. The lowest BCUT2D eigenvalue weighted by molar-refractivity contribution is -0.138. The van der Waals surface area contributed by atoms with Crippen LogP contribution in [0, 0.1) is 0 Å². The SMILES string of the molecule is CCCN(CC(=O)O)Cc1cccc(Br)c1OC(F)F. The molecule has 4 nitrogen and oxygen atoms in total. The molecule has 0 bridgehead atoms. The number of rotatable bonds is 8. The standard InChI is InChI=1S/C13H16BrF2NO3/c1-2-6-17(8-11(18)19)7-9-4-3-5-10(14)12(9)20-13(15)16/h3-5,13H,2,6-8H2,1H3,(H,18,19). The monoisotopic (exact) mass is 351 g/mol. The van der Waals surface area contributed by atoms with E-state index >= 15 is 0 Å². The Morgan fingerprint density at radius 3 is 2.75 bits per heavy atom. The number of nitrogens with zero attached hydrogens (tertiary/aromatic N) is 1. The van der Waals surface area contributed by atoms with E-state index < -0.39 is 12.6 Å². The molecule has 0 saturated heterocycles.